The summed E-state index contributed by atoms with van der Waals surface area (Å²) in [7, 11) is 0. The van der Waals surface area contributed by atoms with Crippen molar-refractivity contribution in [1.82, 2.24) is 9.78 Å². The molecule has 0 unspecified atom stereocenters. The number of nitrogens with zero attached hydrogens (tertiary/aromatic N) is 2. The Balaban J connectivity index is 2.31. The minimum atomic E-state index is -4.63. The van der Waals surface area contributed by atoms with E-state index in [4.69, 9.17) is 0 Å². The number of rotatable bonds is 3. The number of aryl methyl sites for hydroxylation is 1. The van der Waals surface area contributed by atoms with Crippen molar-refractivity contribution < 1.29 is 18.1 Å². The van der Waals surface area contributed by atoms with Gasteiger partial charge in [-0.05, 0) is 18.6 Å². The first kappa shape index (κ1) is 14.8. The van der Waals surface area contributed by atoms with Crippen LogP contribution in [0.4, 0.5) is 18.9 Å². The smallest absolute Gasteiger partial charge is 0.291 e. The van der Waals surface area contributed by atoms with Crippen LogP contribution in [0.2, 0.25) is 0 Å². The summed E-state index contributed by atoms with van der Waals surface area (Å²) in [6.07, 6.45) is -4.63. The number of nitro benzene ring substituents is 1. The fourth-order valence-corrected chi connectivity index (χ4v) is 1.90. The average molecular weight is 301 g/mol. The van der Waals surface area contributed by atoms with Crippen molar-refractivity contribution >= 4 is 5.69 Å². The van der Waals surface area contributed by atoms with Gasteiger partial charge in [-0.3, -0.25) is 20.0 Å². The summed E-state index contributed by atoms with van der Waals surface area (Å²) < 4.78 is 38.2. The third-order valence-corrected chi connectivity index (χ3v) is 2.89. The minimum absolute atomic E-state index is 0.0893. The average Bonchev–Trinajstić information content (AvgIpc) is 2.70. The van der Waals surface area contributed by atoms with Gasteiger partial charge in [-0.25, -0.2) is 4.68 Å². The zero-order valence-corrected chi connectivity index (χ0v) is 10.8. The number of halogens is 3. The van der Waals surface area contributed by atoms with E-state index < -0.39 is 22.4 Å². The van der Waals surface area contributed by atoms with Gasteiger partial charge in [0, 0.05) is 17.7 Å². The number of nitrogens with one attached hydrogen (secondary N) is 1. The van der Waals surface area contributed by atoms with Gasteiger partial charge in [-0.1, -0.05) is 6.07 Å². The van der Waals surface area contributed by atoms with Crippen molar-refractivity contribution in [2.24, 2.45) is 0 Å². The maximum absolute atomic E-state index is 12.5. The van der Waals surface area contributed by atoms with Crippen molar-refractivity contribution in [3.05, 3.63) is 61.6 Å². The molecule has 112 valence electrons. The van der Waals surface area contributed by atoms with Crippen LogP contribution in [0.15, 0.2) is 29.1 Å². The Morgan fingerprint density at radius 3 is 2.48 bits per heavy atom. The van der Waals surface area contributed by atoms with Gasteiger partial charge >= 0.3 is 6.18 Å². The van der Waals surface area contributed by atoms with Crippen molar-refractivity contribution in [2.45, 2.75) is 19.6 Å². The van der Waals surface area contributed by atoms with Crippen molar-refractivity contribution in [2.75, 3.05) is 0 Å². The number of alkyl halides is 3. The molecule has 0 saturated carbocycles. The summed E-state index contributed by atoms with van der Waals surface area (Å²) in [5, 5.41) is 12.7. The van der Waals surface area contributed by atoms with Crippen LogP contribution in [-0.4, -0.2) is 14.7 Å². The van der Waals surface area contributed by atoms with Crippen molar-refractivity contribution in [3.63, 3.8) is 0 Å². The van der Waals surface area contributed by atoms with Crippen LogP contribution in [0.25, 0.3) is 0 Å². The van der Waals surface area contributed by atoms with E-state index in [1.165, 1.54) is 25.1 Å². The van der Waals surface area contributed by atoms with Crippen LogP contribution in [0.1, 0.15) is 16.8 Å². The second kappa shape index (κ2) is 5.08. The third-order valence-electron chi connectivity index (χ3n) is 2.89. The Hall–Kier alpha value is -2.58. The summed E-state index contributed by atoms with van der Waals surface area (Å²) in [5.41, 5.74) is -1.19. The zero-order valence-electron chi connectivity index (χ0n) is 10.8. The standard InChI is InChI=1S/C12H10F3N3O3/c1-7-4-8(2-3-9(7)18(20)21)6-17-11(19)5-10(16-17)12(13,14)15/h2-5,16H,6H2,1H3. The molecule has 1 aromatic carbocycles. The molecule has 0 atom stereocenters. The number of hydrogen-bond donors (Lipinski definition) is 1. The maximum atomic E-state index is 12.5. The van der Waals surface area contributed by atoms with Crippen LogP contribution in [-0.2, 0) is 12.7 Å². The van der Waals surface area contributed by atoms with Crippen molar-refractivity contribution in [1.29, 1.82) is 0 Å². The predicted molar refractivity (Wildman–Crippen MR) is 67.0 cm³/mol. The summed E-state index contributed by atoms with van der Waals surface area (Å²) in [6.45, 7) is 1.38. The highest BCUT2D eigenvalue weighted by Gasteiger charge is 2.33. The number of aromatic nitrogens is 2. The van der Waals surface area contributed by atoms with E-state index in [0.29, 0.717) is 17.2 Å². The molecular weight excluding hydrogens is 291 g/mol. The highest BCUT2D eigenvalue weighted by molar-refractivity contribution is 5.41. The van der Waals surface area contributed by atoms with E-state index in [1.54, 1.807) is 0 Å². The lowest BCUT2D eigenvalue weighted by Gasteiger charge is -2.06. The topological polar surface area (TPSA) is 80.9 Å². The Morgan fingerprint density at radius 2 is 2.00 bits per heavy atom. The molecule has 1 aromatic heterocycles. The van der Waals surface area contributed by atoms with Gasteiger partial charge < -0.3 is 0 Å². The summed E-state index contributed by atoms with van der Waals surface area (Å²) in [5.74, 6) is 0. The van der Waals surface area contributed by atoms with Gasteiger partial charge in [0.25, 0.3) is 11.2 Å². The largest absolute Gasteiger partial charge is 0.432 e. The SMILES string of the molecule is Cc1cc(Cn2[nH]c(C(F)(F)F)cc2=O)ccc1[N+](=O)[O-]. The number of H-pyrrole nitrogens is 1. The highest BCUT2D eigenvalue weighted by Crippen LogP contribution is 2.26. The molecule has 2 aromatic rings. The second-order valence-corrected chi connectivity index (χ2v) is 4.47. The lowest BCUT2D eigenvalue weighted by atomic mass is 10.1. The van der Waals surface area contributed by atoms with E-state index in [-0.39, 0.29) is 12.2 Å². The van der Waals surface area contributed by atoms with Gasteiger partial charge in [0.2, 0.25) is 0 Å². The van der Waals surface area contributed by atoms with E-state index in [1.807, 2.05) is 5.10 Å². The van der Waals surface area contributed by atoms with E-state index >= 15 is 0 Å². The molecule has 0 amide bonds. The van der Waals surface area contributed by atoms with Crippen LogP contribution < -0.4 is 5.56 Å². The van der Waals surface area contributed by atoms with Crippen LogP contribution >= 0.6 is 0 Å². The first-order valence-electron chi connectivity index (χ1n) is 5.79. The molecule has 2 rings (SSSR count). The number of nitro groups is 1. The molecule has 9 heteroatoms. The second-order valence-electron chi connectivity index (χ2n) is 4.47. The fraction of sp³-hybridized carbons (Fsp3) is 0.250. The molecule has 6 nitrogen and oxygen atoms in total. The van der Waals surface area contributed by atoms with Gasteiger partial charge in [-0.15, -0.1) is 0 Å². The first-order chi connectivity index (χ1) is 9.68. The Labute approximate surface area is 116 Å². The Morgan fingerprint density at radius 1 is 1.33 bits per heavy atom. The normalized spacial score (nSPS) is 11.6. The van der Waals surface area contributed by atoms with Gasteiger partial charge in [-0.2, -0.15) is 13.2 Å². The first-order valence-corrected chi connectivity index (χ1v) is 5.79. The summed E-state index contributed by atoms with van der Waals surface area (Å²) in [4.78, 5) is 21.6. The van der Waals surface area contributed by atoms with Gasteiger partial charge in [0.05, 0.1) is 11.5 Å². The van der Waals surface area contributed by atoms with E-state index in [2.05, 4.69) is 0 Å². The summed E-state index contributed by atoms with van der Waals surface area (Å²) >= 11 is 0. The minimum Gasteiger partial charge on any atom is -0.291 e. The molecule has 1 heterocycles. The Bertz CT molecular complexity index is 746. The lowest BCUT2D eigenvalue weighted by Crippen LogP contribution is -2.16. The Kier molecular flexibility index (Phi) is 3.58. The van der Waals surface area contributed by atoms with E-state index in [9.17, 15) is 28.1 Å². The fourth-order valence-electron chi connectivity index (χ4n) is 1.90. The van der Waals surface area contributed by atoms with Gasteiger partial charge in [0.15, 0.2) is 0 Å². The maximum Gasteiger partial charge on any atom is 0.432 e. The van der Waals surface area contributed by atoms with Crippen LogP contribution in [0.3, 0.4) is 0 Å². The summed E-state index contributed by atoms with van der Waals surface area (Å²) in [6, 6.07) is 4.58. The number of benzene rings is 1. The molecule has 0 aliphatic rings. The molecule has 0 aliphatic heterocycles. The van der Waals surface area contributed by atoms with Crippen LogP contribution in [0.5, 0.6) is 0 Å². The van der Waals surface area contributed by atoms with E-state index in [0.717, 1.165) is 4.68 Å². The van der Waals surface area contributed by atoms with Crippen molar-refractivity contribution in [3.8, 4) is 0 Å². The molecule has 0 bridgehead atoms. The lowest BCUT2D eigenvalue weighted by molar-refractivity contribution is -0.385. The molecule has 0 saturated heterocycles. The zero-order chi connectivity index (χ0) is 15.8. The van der Waals surface area contributed by atoms with Gasteiger partial charge in [0.1, 0.15) is 5.69 Å². The number of aromatic amines is 1. The molecule has 0 spiro atoms. The highest BCUT2D eigenvalue weighted by atomic mass is 19.4. The number of hydrogen-bond acceptors (Lipinski definition) is 3. The quantitative estimate of drug-likeness (QED) is 0.698. The third kappa shape index (κ3) is 3.12. The van der Waals surface area contributed by atoms with Crippen LogP contribution in [0, 0.1) is 17.0 Å². The molecule has 0 fully saturated rings. The molecule has 1 N–H and O–H groups in total. The molecular formula is C12H10F3N3O3. The monoisotopic (exact) mass is 301 g/mol. The predicted octanol–water partition coefficient (Wildman–Crippen LogP) is 2.46. The molecule has 0 aliphatic carbocycles. The molecule has 0 radical (unpaired) electrons. The molecule has 21 heavy (non-hydrogen) atoms.